The van der Waals surface area contributed by atoms with Gasteiger partial charge < -0.3 is 19.7 Å². The first kappa shape index (κ1) is 22.7. The Kier molecular flexibility index (Phi) is 6.53. The van der Waals surface area contributed by atoms with Gasteiger partial charge in [0.15, 0.2) is 0 Å². The van der Waals surface area contributed by atoms with Crippen LogP contribution in [0.2, 0.25) is 0 Å². The lowest BCUT2D eigenvalue weighted by molar-refractivity contribution is 0.413. The average molecular weight is 488 g/mol. The zero-order chi connectivity index (χ0) is 23.6. The van der Waals surface area contributed by atoms with Gasteiger partial charge in [-0.05, 0) is 49.4 Å². The Bertz CT molecular complexity index is 1190. The van der Waals surface area contributed by atoms with Gasteiger partial charge in [-0.2, -0.15) is 0 Å². The highest BCUT2D eigenvalue weighted by atomic mass is 32.2. The monoisotopic (exact) mass is 487 g/mol. The van der Waals surface area contributed by atoms with Gasteiger partial charge in [-0.15, -0.1) is 0 Å². The number of nitrogens with zero attached hydrogens (tertiary/aromatic N) is 3. The minimum atomic E-state index is 0.414. The van der Waals surface area contributed by atoms with Crippen LogP contribution in [-0.4, -0.2) is 42.8 Å². The third-order valence-corrected chi connectivity index (χ3v) is 8.48. The fourth-order valence-electron chi connectivity index (χ4n) is 5.70. The van der Waals surface area contributed by atoms with E-state index in [1.807, 2.05) is 18.3 Å². The molecule has 3 heterocycles. The van der Waals surface area contributed by atoms with Crippen LogP contribution < -0.4 is 19.7 Å². The van der Waals surface area contributed by atoms with Crippen molar-refractivity contribution in [3.63, 3.8) is 0 Å². The summed E-state index contributed by atoms with van der Waals surface area (Å²) >= 11 is 1.71. The van der Waals surface area contributed by atoms with E-state index in [2.05, 4.69) is 45.3 Å². The van der Waals surface area contributed by atoms with Crippen molar-refractivity contribution in [3.8, 4) is 17.0 Å². The number of methoxy groups -OCH3 is 1. The van der Waals surface area contributed by atoms with Crippen molar-refractivity contribution < 1.29 is 4.74 Å². The molecule has 0 radical (unpaired) electrons. The summed E-state index contributed by atoms with van der Waals surface area (Å²) in [7, 11) is 1.73. The maximum absolute atomic E-state index is 5.41. The molecule has 0 unspecified atom stereocenters. The van der Waals surface area contributed by atoms with E-state index in [-0.39, 0.29) is 0 Å². The van der Waals surface area contributed by atoms with Gasteiger partial charge in [0.2, 0.25) is 0 Å². The molecular weight excluding hydrogens is 454 g/mol. The number of benzene rings is 1. The first-order chi connectivity index (χ1) is 17.3. The van der Waals surface area contributed by atoms with Crippen LogP contribution in [0.4, 0.5) is 17.1 Å². The highest BCUT2D eigenvalue weighted by molar-refractivity contribution is 8.15. The molecule has 2 N–H and O–H groups in total. The van der Waals surface area contributed by atoms with Gasteiger partial charge in [-0.1, -0.05) is 37.1 Å². The second-order valence-corrected chi connectivity index (χ2v) is 10.6. The Morgan fingerprint density at radius 3 is 2.94 bits per heavy atom. The zero-order valence-corrected chi connectivity index (χ0v) is 21.1. The maximum Gasteiger partial charge on any atom is 0.119 e. The number of ether oxygens (including phenoxy) is 1. The number of anilines is 2. The zero-order valence-electron chi connectivity index (χ0n) is 20.3. The summed E-state index contributed by atoms with van der Waals surface area (Å²) in [5.74, 6) is 1.52. The topological polar surface area (TPSA) is 61.8 Å². The second kappa shape index (κ2) is 10.1. The summed E-state index contributed by atoms with van der Waals surface area (Å²) in [4.78, 5) is 12.7. The molecular formula is C28H33N5OS. The van der Waals surface area contributed by atoms with Crippen LogP contribution >= 0.6 is 11.9 Å². The van der Waals surface area contributed by atoms with Gasteiger partial charge in [0.1, 0.15) is 11.4 Å². The first-order valence-electron chi connectivity index (χ1n) is 12.8. The molecule has 1 saturated heterocycles. The largest absolute Gasteiger partial charge is 0.497 e. The number of aliphatic imine (C=N–C) groups is 1. The van der Waals surface area contributed by atoms with Crippen molar-refractivity contribution in [2.75, 3.05) is 36.4 Å². The molecule has 0 bridgehead atoms. The molecule has 7 heteroatoms. The molecule has 6 nitrogen and oxygen atoms in total. The molecule has 2 aliphatic carbocycles. The molecule has 5 aliphatic rings. The van der Waals surface area contributed by atoms with E-state index < -0.39 is 0 Å². The summed E-state index contributed by atoms with van der Waals surface area (Å²) in [6.45, 7) is 2.88. The second-order valence-electron chi connectivity index (χ2n) is 9.79. The molecule has 1 aromatic carbocycles. The van der Waals surface area contributed by atoms with E-state index in [4.69, 9.17) is 14.7 Å². The number of hydrogen-bond acceptors (Lipinski definition) is 7. The standard InChI is InChI=1S/C28H33N5OS/c1-34-22-10-6-7-19(17-22)12-13-21-18-33(16-15-29-21)27-25-23(11-4-5-14-30-25)24-26(27)31-28(35-32-24)20-8-2-3-9-20/h4-7,10-11,14,17,20-21,29,32H,2-3,8-9,12-13,15-16,18H2,1H3/t21-/m0/s1. The summed E-state index contributed by atoms with van der Waals surface area (Å²) in [6, 6.07) is 15.1. The molecule has 2 fully saturated rings. The van der Waals surface area contributed by atoms with Gasteiger partial charge in [0.05, 0.1) is 29.2 Å². The van der Waals surface area contributed by atoms with Gasteiger partial charge in [0, 0.05) is 55.3 Å². The Morgan fingerprint density at radius 2 is 2.06 bits per heavy atom. The van der Waals surface area contributed by atoms with Crippen molar-refractivity contribution >= 4 is 34.1 Å². The van der Waals surface area contributed by atoms with Crippen molar-refractivity contribution in [1.82, 2.24) is 10.3 Å². The normalized spacial score (nSPS) is 20.4. The van der Waals surface area contributed by atoms with Gasteiger partial charge in [-0.25, -0.2) is 4.99 Å². The highest BCUT2D eigenvalue weighted by Gasteiger charge is 2.34. The van der Waals surface area contributed by atoms with Gasteiger partial charge >= 0.3 is 0 Å². The Labute approximate surface area is 212 Å². The first-order valence-corrected chi connectivity index (χ1v) is 13.6. The lowest BCUT2D eigenvalue weighted by Crippen LogP contribution is -2.51. The van der Waals surface area contributed by atoms with E-state index in [0.717, 1.165) is 60.9 Å². The van der Waals surface area contributed by atoms with E-state index in [9.17, 15) is 0 Å². The van der Waals surface area contributed by atoms with Crippen LogP contribution in [0, 0.1) is 5.92 Å². The Balaban J connectivity index is 1.29. The third-order valence-electron chi connectivity index (χ3n) is 7.55. The minimum Gasteiger partial charge on any atom is -0.497 e. The van der Waals surface area contributed by atoms with E-state index >= 15 is 0 Å². The summed E-state index contributed by atoms with van der Waals surface area (Å²) < 4.78 is 9.08. The number of nitrogens with one attached hydrogen (secondary N) is 2. The minimum absolute atomic E-state index is 0.414. The van der Waals surface area contributed by atoms with Crippen molar-refractivity contribution in [1.29, 1.82) is 0 Å². The van der Waals surface area contributed by atoms with Crippen LogP contribution in [0.25, 0.3) is 11.3 Å². The van der Waals surface area contributed by atoms with Crippen LogP contribution in [0.3, 0.4) is 0 Å². The summed E-state index contributed by atoms with van der Waals surface area (Å²) in [5.41, 5.74) is 6.94. The highest BCUT2D eigenvalue weighted by Crippen LogP contribution is 2.54. The number of fused-ring (bicyclic) bond motifs is 3. The molecule has 1 saturated carbocycles. The van der Waals surface area contributed by atoms with Crippen LogP contribution in [0.15, 0.2) is 53.7 Å². The molecule has 6 rings (SSSR count). The molecule has 35 heavy (non-hydrogen) atoms. The third kappa shape index (κ3) is 4.59. The quantitative estimate of drug-likeness (QED) is 0.422. The molecule has 3 aliphatic heterocycles. The molecule has 0 spiro atoms. The van der Waals surface area contributed by atoms with E-state index in [0.29, 0.717) is 12.0 Å². The summed E-state index contributed by atoms with van der Waals surface area (Å²) in [6.07, 6.45) is 9.16. The molecule has 182 valence electrons. The van der Waals surface area contributed by atoms with Crippen LogP contribution in [-0.2, 0) is 6.42 Å². The van der Waals surface area contributed by atoms with E-state index in [1.54, 1.807) is 19.1 Å². The number of aryl methyl sites for hydroxylation is 1. The molecule has 1 aromatic rings. The number of hydrogen-bond donors (Lipinski definition) is 2. The smallest absolute Gasteiger partial charge is 0.119 e. The predicted octanol–water partition coefficient (Wildman–Crippen LogP) is 5.90. The predicted molar refractivity (Wildman–Crippen MR) is 146 cm³/mol. The van der Waals surface area contributed by atoms with Crippen LogP contribution in [0.5, 0.6) is 5.75 Å². The fourth-order valence-corrected chi connectivity index (χ4v) is 6.65. The number of aromatic nitrogens is 1. The Morgan fingerprint density at radius 1 is 1.14 bits per heavy atom. The number of rotatable bonds is 6. The lowest BCUT2D eigenvalue weighted by atomic mass is 10.0. The summed E-state index contributed by atoms with van der Waals surface area (Å²) in [5, 5.41) is 5.00. The van der Waals surface area contributed by atoms with Gasteiger partial charge in [-0.3, -0.25) is 4.98 Å². The molecule has 0 aromatic heterocycles. The van der Waals surface area contributed by atoms with Gasteiger partial charge in [0.25, 0.3) is 0 Å². The fraction of sp³-hybridized carbons (Fsp3) is 0.429. The lowest BCUT2D eigenvalue weighted by Gasteiger charge is -2.36. The Hall–Kier alpha value is -2.77. The van der Waals surface area contributed by atoms with E-state index in [1.165, 1.54) is 42.0 Å². The molecule has 1 atom stereocenters. The van der Waals surface area contributed by atoms with Crippen LogP contribution in [0.1, 0.15) is 37.7 Å². The maximum atomic E-state index is 5.41. The van der Waals surface area contributed by atoms with Crippen molar-refractivity contribution in [2.24, 2.45) is 10.9 Å². The van der Waals surface area contributed by atoms with Crippen molar-refractivity contribution in [2.45, 2.75) is 44.6 Å². The molecule has 0 amide bonds. The average Bonchev–Trinajstić information content (AvgIpc) is 3.47. The van der Waals surface area contributed by atoms with Crippen molar-refractivity contribution in [3.05, 3.63) is 54.2 Å². The number of piperazine rings is 1. The SMILES string of the molecule is COc1cccc(CC[C@H]2CN(c3c4nccccc-4c4c3N=C(C3CCCC3)SN4)CCN2)c1.